The Morgan fingerprint density at radius 3 is 2.30 bits per heavy atom. The van der Waals surface area contributed by atoms with Gasteiger partial charge in [0.25, 0.3) is 0 Å². The summed E-state index contributed by atoms with van der Waals surface area (Å²) < 4.78 is 38.8. The Hall–Kier alpha value is -1.47. The quantitative estimate of drug-likeness (QED) is 0.803. The number of hydrogen-bond donors (Lipinski definition) is 1. The van der Waals surface area contributed by atoms with Crippen LogP contribution in [0.15, 0.2) is 24.3 Å². The third-order valence-electron chi connectivity index (χ3n) is 5.98. The highest BCUT2D eigenvalue weighted by molar-refractivity contribution is 7.89. The molecule has 1 saturated carbocycles. The molecular formula is C20H29FN2O3S. The van der Waals surface area contributed by atoms with E-state index in [4.69, 9.17) is 0 Å². The number of nitrogens with zero attached hydrogens (tertiary/aromatic N) is 1. The highest BCUT2D eigenvalue weighted by Gasteiger charge is 2.33. The van der Waals surface area contributed by atoms with Crippen molar-refractivity contribution in [3.8, 4) is 0 Å². The predicted molar refractivity (Wildman–Crippen MR) is 103 cm³/mol. The van der Waals surface area contributed by atoms with Crippen molar-refractivity contribution in [1.82, 2.24) is 9.62 Å². The zero-order valence-corrected chi connectivity index (χ0v) is 16.7. The monoisotopic (exact) mass is 396 g/mol. The maximum Gasteiger partial charge on any atom is 0.223 e. The van der Waals surface area contributed by atoms with Crippen molar-refractivity contribution in [2.75, 3.05) is 18.8 Å². The van der Waals surface area contributed by atoms with Gasteiger partial charge in [0.05, 0.1) is 11.8 Å². The van der Waals surface area contributed by atoms with Crippen LogP contribution in [0.1, 0.15) is 57.1 Å². The molecule has 0 unspecified atom stereocenters. The SMILES string of the molecule is CCS(=O)(=O)N1CCC(C(=O)N[C@H](c2ccc(F)cc2)C2CCCC2)CC1. The van der Waals surface area contributed by atoms with E-state index in [0.717, 1.165) is 31.2 Å². The minimum absolute atomic E-state index is 0.00947. The van der Waals surface area contributed by atoms with Gasteiger partial charge in [-0.3, -0.25) is 4.79 Å². The molecule has 0 bridgehead atoms. The molecule has 1 atom stereocenters. The number of carbonyl (C=O) groups excluding carboxylic acids is 1. The summed E-state index contributed by atoms with van der Waals surface area (Å²) in [7, 11) is -3.19. The Balaban J connectivity index is 1.65. The van der Waals surface area contributed by atoms with Crippen LogP contribution in [0.25, 0.3) is 0 Å². The molecule has 1 aliphatic heterocycles. The number of halogens is 1. The van der Waals surface area contributed by atoms with E-state index >= 15 is 0 Å². The van der Waals surface area contributed by atoms with Crippen LogP contribution in [0.4, 0.5) is 4.39 Å². The normalized spacial score (nSPS) is 21.3. The van der Waals surface area contributed by atoms with Crippen molar-refractivity contribution < 1.29 is 17.6 Å². The fraction of sp³-hybridized carbons (Fsp3) is 0.650. The Labute approximate surface area is 161 Å². The van der Waals surface area contributed by atoms with E-state index in [2.05, 4.69) is 5.32 Å². The molecule has 1 aliphatic carbocycles. The van der Waals surface area contributed by atoms with E-state index in [1.54, 1.807) is 19.1 Å². The molecule has 0 radical (unpaired) electrons. The van der Waals surface area contributed by atoms with Gasteiger partial charge in [-0.25, -0.2) is 17.1 Å². The van der Waals surface area contributed by atoms with Crippen LogP contribution in [0.3, 0.4) is 0 Å². The highest BCUT2D eigenvalue weighted by atomic mass is 32.2. The zero-order chi connectivity index (χ0) is 19.4. The first-order valence-corrected chi connectivity index (χ1v) is 11.6. The van der Waals surface area contributed by atoms with Crippen molar-refractivity contribution in [1.29, 1.82) is 0 Å². The molecular weight excluding hydrogens is 367 g/mol. The Kier molecular flexibility index (Phi) is 6.52. The Morgan fingerprint density at radius 2 is 1.74 bits per heavy atom. The van der Waals surface area contributed by atoms with Gasteiger partial charge in [-0.05, 0) is 56.2 Å². The first kappa shape index (κ1) is 20.3. The van der Waals surface area contributed by atoms with Gasteiger partial charge in [0, 0.05) is 19.0 Å². The first-order valence-electron chi connectivity index (χ1n) is 9.94. The number of amides is 1. The molecule has 0 spiro atoms. The lowest BCUT2D eigenvalue weighted by molar-refractivity contribution is -0.127. The van der Waals surface area contributed by atoms with Gasteiger partial charge >= 0.3 is 0 Å². The van der Waals surface area contributed by atoms with Crippen molar-refractivity contribution >= 4 is 15.9 Å². The molecule has 7 heteroatoms. The van der Waals surface area contributed by atoms with Crippen LogP contribution in [0, 0.1) is 17.7 Å². The van der Waals surface area contributed by atoms with Crippen LogP contribution < -0.4 is 5.32 Å². The zero-order valence-electron chi connectivity index (χ0n) is 15.9. The van der Waals surface area contributed by atoms with Crippen LogP contribution in [-0.2, 0) is 14.8 Å². The summed E-state index contributed by atoms with van der Waals surface area (Å²) in [5.41, 5.74) is 0.947. The second kappa shape index (κ2) is 8.69. The largest absolute Gasteiger partial charge is 0.349 e. The van der Waals surface area contributed by atoms with Crippen LogP contribution in [0.2, 0.25) is 0 Å². The smallest absolute Gasteiger partial charge is 0.223 e. The molecule has 1 N–H and O–H groups in total. The van der Waals surface area contributed by atoms with E-state index < -0.39 is 10.0 Å². The Bertz CT molecular complexity index is 737. The Morgan fingerprint density at radius 1 is 1.15 bits per heavy atom. The molecule has 0 aromatic heterocycles. The van der Waals surface area contributed by atoms with Crippen molar-refractivity contribution in [3.05, 3.63) is 35.6 Å². The molecule has 2 aliphatic rings. The number of hydrogen-bond acceptors (Lipinski definition) is 3. The highest BCUT2D eigenvalue weighted by Crippen LogP contribution is 2.36. The van der Waals surface area contributed by atoms with Gasteiger partial charge in [0.2, 0.25) is 15.9 Å². The molecule has 3 rings (SSSR count). The molecule has 1 amide bonds. The summed E-state index contributed by atoms with van der Waals surface area (Å²) in [6.07, 6.45) is 5.54. The minimum atomic E-state index is -3.19. The van der Waals surface area contributed by atoms with E-state index in [0.29, 0.717) is 31.8 Å². The summed E-state index contributed by atoms with van der Waals surface area (Å²) in [6.45, 7) is 2.45. The third kappa shape index (κ3) is 4.88. The van der Waals surface area contributed by atoms with Gasteiger partial charge < -0.3 is 5.32 Å². The molecule has 1 aromatic carbocycles. The van der Waals surface area contributed by atoms with E-state index in [1.165, 1.54) is 16.4 Å². The van der Waals surface area contributed by atoms with Crippen LogP contribution >= 0.6 is 0 Å². The number of sulfonamides is 1. The lowest BCUT2D eigenvalue weighted by Crippen LogP contribution is -2.44. The number of piperidine rings is 1. The van der Waals surface area contributed by atoms with Crippen molar-refractivity contribution in [2.24, 2.45) is 11.8 Å². The average molecular weight is 397 g/mol. The summed E-state index contributed by atoms with van der Waals surface area (Å²) in [5.74, 6) is 0.0141. The minimum Gasteiger partial charge on any atom is -0.349 e. The van der Waals surface area contributed by atoms with Gasteiger partial charge in [-0.2, -0.15) is 0 Å². The summed E-state index contributed by atoms with van der Waals surface area (Å²) in [6, 6.07) is 6.30. The standard InChI is InChI=1S/C20H29FN2O3S/c1-2-27(25,26)23-13-11-17(12-14-23)20(24)22-19(15-5-3-4-6-15)16-7-9-18(21)10-8-16/h7-10,15,17,19H,2-6,11-14H2,1H3,(H,22,24)/t19-/m0/s1. The molecule has 1 heterocycles. The fourth-order valence-electron chi connectivity index (χ4n) is 4.28. The van der Waals surface area contributed by atoms with Gasteiger partial charge in [-0.1, -0.05) is 25.0 Å². The number of rotatable bonds is 6. The summed E-state index contributed by atoms with van der Waals surface area (Å²) in [5, 5.41) is 3.20. The molecule has 150 valence electrons. The van der Waals surface area contributed by atoms with Gasteiger partial charge in [-0.15, -0.1) is 0 Å². The number of benzene rings is 1. The topological polar surface area (TPSA) is 66.5 Å². The average Bonchev–Trinajstić information content (AvgIpc) is 3.21. The van der Waals surface area contributed by atoms with Crippen molar-refractivity contribution in [2.45, 2.75) is 51.5 Å². The van der Waals surface area contributed by atoms with Crippen LogP contribution in [-0.4, -0.2) is 37.5 Å². The molecule has 2 fully saturated rings. The fourth-order valence-corrected chi connectivity index (χ4v) is 5.42. The maximum absolute atomic E-state index is 13.3. The number of carbonyl (C=O) groups is 1. The second-order valence-corrected chi connectivity index (χ2v) is 9.91. The lowest BCUT2D eigenvalue weighted by Gasteiger charge is -2.32. The molecule has 1 saturated heterocycles. The maximum atomic E-state index is 13.3. The summed E-state index contributed by atoms with van der Waals surface area (Å²) in [4.78, 5) is 12.9. The van der Waals surface area contributed by atoms with Gasteiger partial charge in [0.1, 0.15) is 5.82 Å². The number of nitrogens with one attached hydrogen (secondary N) is 1. The van der Waals surface area contributed by atoms with E-state index in [9.17, 15) is 17.6 Å². The molecule has 5 nitrogen and oxygen atoms in total. The lowest BCUT2D eigenvalue weighted by atomic mass is 9.90. The van der Waals surface area contributed by atoms with Gasteiger partial charge in [0.15, 0.2) is 0 Å². The molecule has 27 heavy (non-hydrogen) atoms. The third-order valence-corrected chi connectivity index (χ3v) is 7.86. The second-order valence-electron chi connectivity index (χ2n) is 7.66. The first-order chi connectivity index (χ1) is 12.9. The predicted octanol–water partition coefficient (Wildman–Crippen LogP) is 3.23. The van der Waals surface area contributed by atoms with E-state index in [1.807, 2.05) is 0 Å². The summed E-state index contributed by atoms with van der Waals surface area (Å²) >= 11 is 0. The van der Waals surface area contributed by atoms with Crippen LogP contribution in [0.5, 0.6) is 0 Å². The van der Waals surface area contributed by atoms with E-state index in [-0.39, 0.29) is 29.4 Å². The van der Waals surface area contributed by atoms with Crippen molar-refractivity contribution in [3.63, 3.8) is 0 Å². The molecule has 1 aromatic rings.